The largest absolute Gasteiger partial charge is 0.309 e. The first-order valence-corrected chi connectivity index (χ1v) is 24.5. The molecular weight excluding hydrogens is 877 g/mol. The Bertz CT molecular complexity index is 4160. The Kier molecular flexibility index (Phi) is 10.3. The molecule has 72 heavy (non-hydrogen) atoms. The van der Waals surface area contributed by atoms with Gasteiger partial charge in [0.2, 0.25) is 0 Å². The fourth-order valence-corrected chi connectivity index (χ4v) is 10.9. The minimum Gasteiger partial charge on any atom is -0.309 e. The number of hydrogen-bond acceptors (Lipinski definition) is 4. The maximum atomic E-state index is 5.23. The second-order valence-electron chi connectivity index (χ2n) is 19.1. The Morgan fingerprint density at radius 2 is 0.708 bits per heavy atom. The smallest absolute Gasteiger partial charge is 0.164 e. The fraction of sp³-hybridized carbons (Fsp3) is 0.0606. The zero-order chi connectivity index (χ0) is 48.5. The third kappa shape index (κ3) is 7.44. The minimum atomic E-state index is 0.588. The summed E-state index contributed by atoms with van der Waals surface area (Å²) in [5.74, 6) is 1.82. The molecule has 0 aliphatic rings. The topological polar surface area (TPSA) is 61.4 Å². The van der Waals surface area contributed by atoms with Crippen molar-refractivity contribution in [1.82, 2.24) is 29.1 Å². The van der Waals surface area contributed by atoms with E-state index in [-0.39, 0.29) is 0 Å². The molecular formula is C66H48N6. The van der Waals surface area contributed by atoms with Gasteiger partial charge in [0, 0.05) is 55.6 Å². The molecule has 4 aromatic heterocycles. The number of rotatable bonds is 8. The lowest BCUT2D eigenvalue weighted by Gasteiger charge is -2.19. The summed E-state index contributed by atoms with van der Waals surface area (Å²) in [5, 5.41) is 4.72. The summed E-state index contributed by atoms with van der Waals surface area (Å²) in [6, 6.07) is 74.0. The standard InChI is InChI=1S/C66H48N6/c1-41-31-42(2)34-50(33-41)47-24-27-60-56(37-47)52-19-11-13-21-58(52)71(60)62-39-49(66-69-64(45-15-7-5-8-16-45)68-65(70-66)46-17-9-6-10-18-46)23-26-54(62)55-29-30-67-40-63(55)72-59-22-14-12-20-53(59)57-38-48(25-28-61(57)72)51-35-43(3)32-44(4)36-51/h5-40H,1-4H3. The van der Waals surface area contributed by atoms with Crippen LogP contribution in [0.15, 0.2) is 219 Å². The van der Waals surface area contributed by atoms with Crippen molar-refractivity contribution in [1.29, 1.82) is 0 Å². The molecule has 0 radical (unpaired) electrons. The second kappa shape index (κ2) is 17.3. The number of hydrogen-bond donors (Lipinski definition) is 0. The fourth-order valence-electron chi connectivity index (χ4n) is 10.9. The first-order chi connectivity index (χ1) is 35.3. The Morgan fingerprint density at radius 3 is 1.22 bits per heavy atom. The van der Waals surface area contributed by atoms with Gasteiger partial charge in [-0.2, -0.15) is 0 Å². The number of aromatic nitrogens is 6. The van der Waals surface area contributed by atoms with Crippen molar-refractivity contribution >= 4 is 43.6 Å². The Labute approximate surface area is 418 Å². The summed E-state index contributed by atoms with van der Waals surface area (Å²) in [4.78, 5) is 20.4. The van der Waals surface area contributed by atoms with Crippen molar-refractivity contribution in [3.8, 4) is 78.9 Å². The third-order valence-electron chi connectivity index (χ3n) is 14.0. The molecule has 9 aromatic carbocycles. The van der Waals surface area contributed by atoms with Crippen LogP contribution in [0, 0.1) is 27.7 Å². The van der Waals surface area contributed by atoms with E-state index in [0.717, 1.165) is 61.3 Å². The molecule has 6 nitrogen and oxygen atoms in total. The number of fused-ring (bicyclic) bond motifs is 6. The second-order valence-corrected chi connectivity index (χ2v) is 19.1. The Hall–Kier alpha value is -9.26. The number of para-hydroxylation sites is 2. The quantitative estimate of drug-likeness (QED) is 0.152. The summed E-state index contributed by atoms with van der Waals surface area (Å²) in [7, 11) is 0. The summed E-state index contributed by atoms with van der Waals surface area (Å²) in [5.41, 5.74) is 21.0. The lowest BCUT2D eigenvalue weighted by molar-refractivity contribution is 1.07. The van der Waals surface area contributed by atoms with Crippen molar-refractivity contribution in [2.45, 2.75) is 27.7 Å². The van der Waals surface area contributed by atoms with Crippen LogP contribution in [0.3, 0.4) is 0 Å². The van der Waals surface area contributed by atoms with Crippen LogP contribution in [0.25, 0.3) is 123 Å². The molecule has 342 valence electrons. The van der Waals surface area contributed by atoms with E-state index in [1.165, 1.54) is 66.1 Å². The van der Waals surface area contributed by atoms with Gasteiger partial charge in [0.15, 0.2) is 17.5 Å². The number of nitrogens with zero attached hydrogens (tertiary/aromatic N) is 6. The predicted octanol–water partition coefficient (Wildman–Crippen LogP) is 16.7. The lowest BCUT2D eigenvalue weighted by atomic mass is 9.98. The Morgan fingerprint density at radius 1 is 0.292 bits per heavy atom. The molecule has 4 heterocycles. The van der Waals surface area contributed by atoms with Gasteiger partial charge in [-0.15, -0.1) is 0 Å². The number of aryl methyl sites for hydroxylation is 4. The van der Waals surface area contributed by atoms with Crippen molar-refractivity contribution in [3.05, 3.63) is 241 Å². The maximum Gasteiger partial charge on any atom is 0.164 e. The lowest BCUT2D eigenvalue weighted by Crippen LogP contribution is -2.04. The molecule has 0 saturated heterocycles. The summed E-state index contributed by atoms with van der Waals surface area (Å²) < 4.78 is 4.82. The van der Waals surface area contributed by atoms with Gasteiger partial charge < -0.3 is 9.13 Å². The van der Waals surface area contributed by atoms with Gasteiger partial charge in [-0.3, -0.25) is 4.98 Å². The van der Waals surface area contributed by atoms with E-state index in [4.69, 9.17) is 19.9 Å². The van der Waals surface area contributed by atoms with Crippen LogP contribution in [0.2, 0.25) is 0 Å². The molecule has 0 N–H and O–H groups in total. The van der Waals surface area contributed by atoms with Crippen LogP contribution in [-0.2, 0) is 0 Å². The molecule has 13 aromatic rings. The highest BCUT2D eigenvalue weighted by molar-refractivity contribution is 6.13. The molecule has 0 bridgehead atoms. The zero-order valence-electron chi connectivity index (χ0n) is 40.5. The van der Waals surface area contributed by atoms with Crippen molar-refractivity contribution in [2.75, 3.05) is 0 Å². The van der Waals surface area contributed by atoms with Gasteiger partial charge in [0.25, 0.3) is 0 Å². The van der Waals surface area contributed by atoms with E-state index in [1.807, 2.05) is 48.8 Å². The molecule has 0 saturated carbocycles. The molecule has 0 unspecified atom stereocenters. The highest BCUT2D eigenvalue weighted by Gasteiger charge is 2.23. The third-order valence-corrected chi connectivity index (χ3v) is 14.0. The van der Waals surface area contributed by atoms with E-state index < -0.39 is 0 Å². The van der Waals surface area contributed by atoms with Gasteiger partial charge >= 0.3 is 0 Å². The van der Waals surface area contributed by atoms with Gasteiger partial charge in [-0.05, 0) is 98.5 Å². The molecule has 0 atom stereocenters. The van der Waals surface area contributed by atoms with E-state index in [0.29, 0.717) is 17.5 Å². The predicted molar refractivity (Wildman–Crippen MR) is 298 cm³/mol. The molecule has 6 heteroatoms. The number of benzene rings is 9. The van der Waals surface area contributed by atoms with Crippen LogP contribution in [-0.4, -0.2) is 29.1 Å². The summed E-state index contributed by atoms with van der Waals surface area (Å²) in [6.07, 6.45) is 3.93. The van der Waals surface area contributed by atoms with E-state index in [1.54, 1.807) is 0 Å². The average molecular weight is 925 g/mol. The normalized spacial score (nSPS) is 11.6. The van der Waals surface area contributed by atoms with Crippen molar-refractivity contribution < 1.29 is 0 Å². The molecule has 13 rings (SSSR count). The van der Waals surface area contributed by atoms with Crippen molar-refractivity contribution in [2.24, 2.45) is 0 Å². The molecule has 0 spiro atoms. The van der Waals surface area contributed by atoms with Gasteiger partial charge in [-0.1, -0.05) is 180 Å². The summed E-state index contributed by atoms with van der Waals surface area (Å²) >= 11 is 0. The van der Waals surface area contributed by atoms with Gasteiger partial charge in [0.1, 0.15) is 0 Å². The van der Waals surface area contributed by atoms with E-state index in [9.17, 15) is 0 Å². The number of pyridine rings is 1. The van der Waals surface area contributed by atoms with Gasteiger partial charge in [-0.25, -0.2) is 15.0 Å². The first-order valence-electron chi connectivity index (χ1n) is 24.5. The van der Waals surface area contributed by atoms with Crippen LogP contribution in [0.5, 0.6) is 0 Å². The van der Waals surface area contributed by atoms with E-state index in [2.05, 4.69) is 207 Å². The minimum absolute atomic E-state index is 0.588. The maximum absolute atomic E-state index is 5.23. The van der Waals surface area contributed by atoms with Crippen molar-refractivity contribution in [3.63, 3.8) is 0 Å². The zero-order valence-corrected chi connectivity index (χ0v) is 40.5. The van der Waals surface area contributed by atoms with Crippen LogP contribution in [0.4, 0.5) is 0 Å². The first kappa shape index (κ1) is 42.8. The Balaban J connectivity index is 1.08. The van der Waals surface area contributed by atoms with Crippen LogP contribution >= 0.6 is 0 Å². The molecule has 0 fully saturated rings. The molecule has 0 amide bonds. The monoisotopic (exact) mass is 924 g/mol. The molecule has 0 aliphatic carbocycles. The van der Waals surface area contributed by atoms with E-state index >= 15 is 0 Å². The average Bonchev–Trinajstić information content (AvgIpc) is 3.92. The molecule has 0 aliphatic heterocycles. The van der Waals surface area contributed by atoms with Crippen LogP contribution in [0.1, 0.15) is 22.3 Å². The SMILES string of the molecule is Cc1cc(C)cc(-c2ccc3c(c2)c2ccccc2n3-c2cnccc2-c2ccc(-c3nc(-c4ccccc4)nc(-c4ccccc4)n3)cc2-n2c3ccccc3c3cc(-c4cc(C)cc(C)c4)ccc32)c1. The highest BCUT2D eigenvalue weighted by Crippen LogP contribution is 2.43. The summed E-state index contributed by atoms with van der Waals surface area (Å²) in [6.45, 7) is 8.68. The highest BCUT2D eigenvalue weighted by atomic mass is 15.0. The van der Waals surface area contributed by atoms with Gasteiger partial charge in [0.05, 0.1) is 39.6 Å². The van der Waals surface area contributed by atoms with Crippen LogP contribution < -0.4 is 0 Å².